The van der Waals surface area contributed by atoms with Gasteiger partial charge < -0.3 is 23.9 Å². The second kappa shape index (κ2) is 8.05. The van der Waals surface area contributed by atoms with Gasteiger partial charge in [0.1, 0.15) is 5.76 Å². The number of nitrogens with one attached hydrogen (secondary N) is 1. The van der Waals surface area contributed by atoms with Crippen LogP contribution in [0.15, 0.2) is 41.0 Å². The molecule has 0 saturated heterocycles. The summed E-state index contributed by atoms with van der Waals surface area (Å²) >= 11 is 0. The summed E-state index contributed by atoms with van der Waals surface area (Å²) in [6.07, 6.45) is 1.52. The molecule has 0 saturated carbocycles. The smallest absolute Gasteiger partial charge is 0.338 e. The number of esters is 1. The number of furan rings is 1. The Kier molecular flexibility index (Phi) is 5.83. The van der Waals surface area contributed by atoms with Crippen LogP contribution in [0.25, 0.3) is 0 Å². The zero-order valence-electron chi connectivity index (χ0n) is 13.7. The molecule has 128 valence electrons. The van der Waals surface area contributed by atoms with E-state index in [1.54, 1.807) is 25.1 Å². The molecule has 1 N–H and O–H groups in total. The molecular formula is C17H19NO6. The van der Waals surface area contributed by atoms with Crippen molar-refractivity contribution in [2.45, 2.75) is 13.0 Å². The van der Waals surface area contributed by atoms with E-state index < -0.39 is 18.5 Å². The van der Waals surface area contributed by atoms with Gasteiger partial charge in [-0.25, -0.2) is 4.79 Å². The lowest BCUT2D eigenvalue weighted by molar-refractivity contribution is -0.125. The molecule has 0 aliphatic heterocycles. The summed E-state index contributed by atoms with van der Waals surface area (Å²) in [6, 6.07) is 7.79. The highest BCUT2D eigenvalue weighted by atomic mass is 16.5. The number of rotatable bonds is 7. The third-order valence-corrected chi connectivity index (χ3v) is 3.30. The first-order valence-electron chi connectivity index (χ1n) is 7.27. The minimum absolute atomic E-state index is 0.263. The number of benzene rings is 1. The largest absolute Gasteiger partial charge is 0.493 e. The van der Waals surface area contributed by atoms with Crippen LogP contribution in [0.5, 0.6) is 11.5 Å². The van der Waals surface area contributed by atoms with E-state index in [9.17, 15) is 9.59 Å². The Bertz CT molecular complexity index is 695. The molecule has 0 aliphatic rings. The summed E-state index contributed by atoms with van der Waals surface area (Å²) in [4.78, 5) is 23.8. The molecule has 2 rings (SSSR count). The number of ether oxygens (including phenoxy) is 3. The Morgan fingerprint density at radius 3 is 2.54 bits per heavy atom. The molecule has 1 aromatic heterocycles. The molecule has 7 heteroatoms. The van der Waals surface area contributed by atoms with Gasteiger partial charge in [-0.1, -0.05) is 0 Å². The van der Waals surface area contributed by atoms with Gasteiger partial charge >= 0.3 is 5.97 Å². The van der Waals surface area contributed by atoms with Crippen molar-refractivity contribution in [2.24, 2.45) is 0 Å². The average molecular weight is 333 g/mol. The van der Waals surface area contributed by atoms with Gasteiger partial charge in [-0.3, -0.25) is 4.79 Å². The Balaban J connectivity index is 1.89. The quantitative estimate of drug-likeness (QED) is 0.783. The van der Waals surface area contributed by atoms with Crippen molar-refractivity contribution in [3.63, 3.8) is 0 Å². The molecule has 7 nitrogen and oxygen atoms in total. The number of hydrogen-bond acceptors (Lipinski definition) is 6. The van der Waals surface area contributed by atoms with Crippen LogP contribution in [0.1, 0.15) is 29.1 Å². The predicted molar refractivity (Wildman–Crippen MR) is 85.1 cm³/mol. The summed E-state index contributed by atoms with van der Waals surface area (Å²) in [5.41, 5.74) is 0.263. The number of carbonyl (C=O) groups is 2. The summed E-state index contributed by atoms with van der Waals surface area (Å²) in [6.45, 7) is 1.38. The highest BCUT2D eigenvalue weighted by Gasteiger charge is 2.16. The van der Waals surface area contributed by atoms with E-state index in [4.69, 9.17) is 18.6 Å². The predicted octanol–water partition coefficient (Wildman–Crippen LogP) is 2.33. The van der Waals surface area contributed by atoms with E-state index in [1.807, 2.05) is 0 Å². The number of methoxy groups -OCH3 is 2. The van der Waals surface area contributed by atoms with Gasteiger partial charge in [-0.15, -0.1) is 0 Å². The van der Waals surface area contributed by atoms with E-state index in [2.05, 4.69) is 5.32 Å². The van der Waals surface area contributed by atoms with E-state index in [0.717, 1.165) is 0 Å². The first-order chi connectivity index (χ1) is 11.5. The van der Waals surface area contributed by atoms with Crippen LogP contribution in [0.3, 0.4) is 0 Å². The van der Waals surface area contributed by atoms with Crippen LogP contribution in [0, 0.1) is 0 Å². The molecule has 0 radical (unpaired) electrons. The van der Waals surface area contributed by atoms with Crippen molar-refractivity contribution >= 4 is 11.9 Å². The topological polar surface area (TPSA) is 87.0 Å². The van der Waals surface area contributed by atoms with Crippen molar-refractivity contribution in [1.29, 1.82) is 0 Å². The van der Waals surface area contributed by atoms with Gasteiger partial charge in [0, 0.05) is 0 Å². The molecule has 1 heterocycles. The molecule has 1 atom stereocenters. The van der Waals surface area contributed by atoms with Crippen molar-refractivity contribution in [1.82, 2.24) is 5.32 Å². The standard InChI is InChI=1S/C17H19NO6/c1-11(13-5-4-8-23-13)18-16(19)10-24-17(20)12-6-7-14(21-2)15(9-12)22-3/h4-9,11H,10H2,1-3H3,(H,18,19)/t11-/m1/s1. The maximum absolute atomic E-state index is 12.0. The van der Waals surface area contributed by atoms with Crippen LogP contribution < -0.4 is 14.8 Å². The van der Waals surface area contributed by atoms with Crippen molar-refractivity contribution in [2.75, 3.05) is 20.8 Å². The van der Waals surface area contributed by atoms with Crippen molar-refractivity contribution in [3.8, 4) is 11.5 Å². The second-order valence-electron chi connectivity index (χ2n) is 4.95. The maximum Gasteiger partial charge on any atom is 0.338 e. The monoisotopic (exact) mass is 333 g/mol. The molecule has 0 bridgehead atoms. The Morgan fingerprint density at radius 1 is 1.17 bits per heavy atom. The Labute approximate surface area is 139 Å². The fourth-order valence-electron chi connectivity index (χ4n) is 2.07. The van der Waals surface area contributed by atoms with Gasteiger partial charge in [-0.2, -0.15) is 0 Å². The SMILES string of the molecule is COc1ccc(C(=O)OCC(=O)N[C@H](C)c2ccco2)cc1OC. The molecule has 0 unspecified atom stereocenters. The van der Waals surface area contributed by atoms with Gasteiger partial charge in [0.25, 0.3) is 5.91 Å². The highest BCUT2D eigenvalue weighted by molar-refractivity contribution is 5.92. The van der Waals surface area contributed by atoms with Gasteiger partial charge in [0.15, 0.2) is 18.1 Å². The van der Waals surface area contributed by atoms with Crippen LogP contribution in [0.2, 0.25) is 0 Å². The minimum Gasteiger partial charge on any atom is -0.493 e. The van der Waals surface area contributed by atoms with Gasteiger partial charge in [0.05, 0.1) is 32.1 Å². The third-order valence-electron chi connectivity index (χ3n) is 3.30. The first kappa shape index (κ1) is 17.4. The summed E-state index contributed by atoms with van der Waals surface area (Å²) in [5, 5.41) is 2.68. The minimum atomic E-state index is -0.628. The molecule has 0 spiro atoms. The van der Waals surface area contributed by atoms with E-state index >= 15 is 0 Å². The van der Waals surface area contributed by atoms with Gasteiger partial charge in [-0.05, 0) is 37.3 Å². The van der Waals surface area contributed by atoms with Crippen LogP contribution >= 0.6 is 0 Å². The molecular weight excluding hydrogens is 314 g/mol. The Hall–Kier alpha value is -2.96. The zero-order chi connectivity index (χ0) is 17.5. The first-order valence-corrected chi connectivity index (χ1v) is 7.27. The maximum atomic E-state index is 12.0. The summed E-state index contributed by atoms with van der Waals surface area (Å²) in [5.74, 6) is 0.473. The molecule has 2 aromatic rings. The summed E-state index contributed by atoms with van der Waals surface area (Å²) < 4.78 is 20.4. The second-order valence-corrected chi connectivity index (χ2v) is 4.95. The molecule has 24 heavy (non-hydrogen) atoms. The lowest BCUT2D eigenvalue weighted by atomic mass is 10.2. The molecule has 1 amide bonds. The van der Waals surface area contributed by atoms with E-state index in [0.29, 0.717) is 17.3 Å². The van der Waals surface area contributed by atoms with Crippen molar-refractivity contribution in [3.05, 3.63) is 47.9 Å². The third kappa shape index (κ3) is 4.28. The lowest BCUT2D eigenvalue weighted by Crippen LogP contribution is -2.31. The number of carbonyl (C=O) groups excluding carboxylic acids is 2. The average Bonchev–Trinajstić information content (AvgIpc) is 3.13. The normalized spacial score (nSPS) is 11.5. The number of amides is 1. The highest BCUT2D eigenvalue weighted by Crippen LogP contribution is 2.27. The van der Waals surface area contributed by atoms with Crippen molar-refractivity contribution < 1.29 is 28.2 Å². The zero-order valence-corrected chi connectivity index (χ0v) is 13.7. The van der Waals surface area contributed by atoms with Gasteiger partial charge in [0.2, 0.25) is 0 Å². The van der Waals surface area contributed by atoms with E-state index in [1.165, 1.54) is 32.6 Å². The fourth-order valence-corrected chi connectivity index (χ4v) is 2.07. The Morgan fingerprint density at radius 2 is 1.92 bits per heavy atom. The molecule has 1 aromatic carbocycles. The van der Waals surface area contributed by atoms with Crippen LogP contribution in [-0.2, 0) is 9.53 Å². The summed E-state index contributed by atoms with van der Waals surface area (Å²) in [7, 11) is 2.97. The lowest BCUT2D eigenvalue weighted by Gasteiger charge is -2.12. The fraction of sp³-hybridized carbons (Fsp3) is 0.294. The van der Waals surface area contributed by atoms with Crippen LogP contribution in [0.4, 0.5) is 0 Å². The molecule has 0 aliphatic carbocycles. The van der Waals surface area contributed by atoms with E-state index in [-0.39, 0.29) is 11.6 Å². The molecule has 0 fully saturated rings. The number of hydrogen-bond donors (Lipinski definition) is 1. The van der Waals surface area contributed by atoms with Crippen LogP contribution in [-0.4, -0.2) is 32.7 Å².